The fourth-order valence-corrected chi connectivity index (χ4v) is 3.61. The topological polar surface area (TPSA) is 78.3 Å². The second-order valence-electron chi connectivity index (χ2n) is 6.89. The number of nitrogens with one attached hydrogen (secondary N) is 1. The molecule has 1 amide bonds. The summed E-state index contributed by atoms with van der Waals surface area (Å²) in [6, 6.07) is 15.6. The van der Waals surface area contributed by atoms with E-state index in [1.54, 1.807) is 7.11 Å². The van der Waals surface area contributed by atoms with Gasteiger partial charge in [0.05, 0.1) is 18.9 Å². The molecule has 0 bridgehead atoms. The standard InChI is InChI=1S/C22H26N4O3S/c1-15-10-11-18(19(12-15)28-4)29-13-20-24-25-22(26(20)3)30-14-21(27)23-16(2)17-8-6-5-7-9-17/h5-12,16H,13-14H2,1-4H3,(H,23,27)/t16-/m0/s1. The van der Waals surface area contributed by atoms with Crippen molar-refractivity contribution in [3.8, 4) is 11.5 Å². The molecular formula is C22H26N4O3S. The fourth-order valence-electron chi connectivity index (χ4n) is 2.87. The Labute approximate surface area is 180 Å². The lowest BCUT2D eigenvalue weighted by molar-refractivity contribution is -0.119. The normalized spacial score (nSPS) is 11.7. The molecule has 3 aromatic rings. The Morgan fingerprint density at radius 1 is 1.17 bits per heavy atom. The number of aryl methyl sites for hydroxylation is 1. The van der Waals surface area contributed by atoms with Gasteiger partial charge in [0.25, 0.3) is 0 Å². The molecule has 1 heterocycles. The van der Waals surface area contributed by atoms with Crippen LogP contribution in [0.25, 0.3) is 0 Å². The molecule has 0 saturated carbocycles. The van der Waals surface area contributed by atoms with Gasteiger partial charge in [-0.2, -0.15) is 0 Å². The van der Waals surface area contributed by atoms with Gasteiger partial charge in [0.2, 0.25) is 5.91 Å². The minimum absolute atomic E-state index is 0.0488. The lowest BCUT2D eigenvalue weighted by Gasteiger charge is -2.14. The monoisotopic (exact) mass is 426 g/mol. The van der Waals surface area contributed by atoms with E-state index in [-0.39, 0.29) is 24.3 Å². The largest absolute Gasteiger partial charge is 0.493 e. The summed E-state index contributed by atoms with van der Waals surface area (Å²) in [5, 5.41) is 12.0. The number of hydrogen-bond donors (Lipinski definition) is 1. The highest BCUT2D eigenvalue weighted by Gasteiger charge is 2.14. The van der Waals surface area contributed by atoms with Gasteiger partial charge in [-0.25, -0.2) is 0 Å². The van der Waals surface area contributed by atoms with Crippen molar-refractivity contribution in [2.45, 2.75) is 31.7 Å². The molecule has 7 nitrogen and oxygen atoms in total. The number of nitrogens with zero attached hydrogens (tertiary/aromatic N) is 3. The molecule has 0 spiro atoms. The number of rotatable bonds is 9. The minimum Gasteiger partial charge on any atom is -0.493 e. The van der Waals surface area contributed by atoms with E-state index in [2.05, 4.69) is 15.5 Å². The van der Waals surface area contributed by atoms with Crippen molar-refractivity contribution in [1.82, 2.24) is 20.1 Å². The van der Waals surface area contributed by atoms with Crippen molar-refractivity contribution in [2.75, 3.05) is 12.9 Å². The van der Waals surface area contributed by atoms with Crippen LogP contribution in [0.2, 0.25) is 0 Å². The molecule has 30 heavy (non-hydrogen) atoms. The number of aromatic nitrogens is 3. The van der Waals surface area contributed by atoms with Gasteiger partial charge in [-0.1, -0.05) is 48.2 Å². The predicted octanol–water partition coefficient (Wildman–Crippen LogP) is 3.68. The maximum Gasteiger partial charge on any atom is 0.230 e. The highest BCUT2D eigenvalue weighted by Crippen LogP contribution is 2.28. The van der Waals surface area contributed by atoms with E-state index in [1.165, 1.54) is 11.8 Å². The van der Waals surface area contributed by atoms with Crippen molar-refractivity contribution in [1.29, 1.82) is 0 Å². The number of carbonyl (C=O) groups is 1. The molecule has 1 N–H and O–H groups in total. The van der Waals surface area contributed by atoms with E-state index in [0.717, 1.165) is 11.1 Å². The Hall–Kier alpha value is -3.00. The smallest absolute Gasteiger partial charge is 0.230 e. The van der Waals surface area contributed by atoms with Gasteiger partial charge in [0.15, 0.2) is 22.5 Å². The number of carbonyl (C=O) groups excluding carboxylic acids is 1. The summed E-state index contributed by atoms with van der Waals surface area (Å²) in [7, 11) is 3.47. The van der Waals surface area contributed by atoms with E-state index in [4.69, 9.17) is 9.47 Å². The summed E-state index contributed by atoms with van der Waals surface area (Å²) in [6.07, 6.45) is 0. The average Bonchev–Trinajstić information content (AvgIpc) is 3.11. The summed E-state index contributed by atoms with van der Waals surface area (Å²) >= 11 is 1.34. The lowest BCUT2D eigenvalue weighted by atomic mass is 10.1. The summed E-state index contributed by atoms with van der Waals surface area (Å²) in [5.41, 5.74) is 2.16. The zero-order chi connectivity index (χ0) is 21.5. The number of thioether (sulfide) groups is 1. The first kappa shape index (κ1) is 21.7. The van der Waals surface area contributed by atoms with Crippen molar-refractivity contribution in [3.63, 3.8) is 0 Å². The van der Waals surface area contributed by atoms with Crippen LogP contribution in [-0.4, -0.2) is 33.5 Å². The van der Waals surface area contributed by atoms with E-state index < -0.39 is 0 Å². The van der Waals surface area contributed by atoms with Gasteiger partial charge in [-0.05, 0) is 37.1 Å². The maximum atomic E-state index is 12.3. The van der Waals surface area contributed by atoms with E-state index in [9.17, 15) is 4.79 Å². The van der Waals surface area contributed by atoms with E-state index in [1.807, 2.05) is 74.0 Å². The van der Waals surface area contributed by atoms with Crippen molar-refractivity contribution >= 4 is 17.7 Å². The molecule has 0 aliphatic heterocycles. The summed E-state index contributed by atoms with van der Waals surface area (Å²) in [6.45, 7) is 4.21. The van der Waals surface area contributed by atoms with Crippen molar-refractivity contribution in [3.05, 3.63) is 65.5 Å². The van der Waals surface area contributed by atoms with Crippen LogP contribution >= 0.6 is 11.8 Å². The molecule has 8 heteroatoms. The SMILES string of the molecule is COc1cc(C)ccc1OCc1nnc(SCC(=O)N[C@@H](C)c2ccccc2)n1C. The Bertz CT molecular complexity index is 991. The van der Waals surface area contributed by atoms with Crippen LogP contribution in [0, 0.1) is 6.92 Å². The fraction of sp³-hybridized carbons (Fsp3) is 0.318. The lowest BCUT2D eigenvalue weighted by Crippen LogP contribution is -2.28. The summed E-state index contributed by atoms with van der Waals surface area (Å²) in [5.74, 6) is 2.20. The van der Waals surface area contributed by atoms with Crippen molar-refractivity contribution < 1.29 is 14.3 Å². The first-order valence-electron chi connectivity index (χ1n) is 9.60. The summed E-state index contributed by atoms with van der Waals surface area (Å²) < 4.78 is 13.0. The molecular weight excluding hydrogens is 400 g/mol. The second-order valence-corrected chi connectivity index (χ2v) is 7.83. The van der Waals surface area contributed by atoms with Crippen molar-refractivity contribution in [2.24, 2.45) is 7.05 Å². The number of amides is 1. The van der Waals surface area contributed by atoms with Crippen LogP contribution in [0.4, 0.5) is 0 Å². The molecule has 1 atom stereocenters. The van der Waals surface area contributed by atoms with Gasteiger partial charge in [0, 0.05) is 7.05 Å². The Kier molecular flexibility index (Phi) is 7.35. The number of hydrogen-bond acceptors (Lipinski definition) is 6. The zero-order valence-electron chi connectivity index (χ0n) is 17.6. The maximum absolute atomic E-state index is 12.3. The van der Waals surface area contributed by atoms with Gasteiger partial charge < -0.3 is 19.4 Å². The molecule has 3 rings (SSSR count). The third-order valence-corrected chi connectivity index (χ3v) is 5.63. The van der Waals surface area contributed by atoms with Crippen LogP contribution in [0.3, 0.4) is 0 Å². The average molecular weight is 427 g/mol. The number of ether oxygens (including phenoxy) is 2. The minimum atomic E-state index is -0.0541. The van der Waals surface area contributed by atoms with Gasteiger partial charge in [-0.15, -0.1) is 10.2 Å². The highest BCUT2D eigenvalue weighted by molar-refractivity contribution is 7.99. The van der Waals surface area contributed by atoms with Crippen LogP contribution in [0.15, 0.2) is 53.7 Å². The molecule has 0 aliphatic rings. The van der Waals surface area contributed by atoms with Crippen LogP contribution < -0.4 is 14.8 Å². The zero-order valence-corrected chi connectivity index (χ0v) is 18.4. The number of benzene rings is 2. The third-order valence-electron chi connectivity index (χ3n) is 4.61. The molecule has 0 saturated heterocycles. The molecule has 1 aromatic heterocycles. The van der Waals surface area contributed by atoms with Crippen LogP contribution in [0.5, 0.6) is 11.5 Å². The molecule has 0 unspecified atom stereocenters. The first-order valence-corrected chi connectivity index (χ1v) is 10.6. The molecule has 2 aromatic carbocycles. The van der Waals surface area contributed by atoms with Gasteiger partial charge >= 0.3 is 0 Å². The van der Waals surface area contributed by atoms with Crippen LogP contribution in [0.1, 0.15) is 29.9 Å². The second kappa shape index (κ2) is 10.2. The Morgan fingerprint density at radius 3 is 2.67 bits per heavy atom. The van der Waals surface area contributed by atoms with Crippen LogP contribution in [-0.2, 0) is 18.4 Å². The highest BCUT2D eigenvalue weighted by atomic mass is 32.2. The van der Waals surface area contributed by atoms with E-state index >= 15 is 0 Å². The summed E-state index contributed by atoms with van der Waals surface area (Å²) in [4.78, 5) is 12.3. The predicted molar refractivity (Wildman–Crippen MR) is 117 cm³/mol. The molecule has 0 fully saturated rings. The molecule has 0 aliphatic carbocycles. The Morgan fingerprint density at radius 2 is 1.93 bits per heavy atom. The third kappa shape index (κ3) is 5.54. The molecule has 0 radical (unpaired) electrons. The first-order chi connectivity index (χ1) is 14.5. The van der Waals surface area contributed by atoms with Gasteiger partial charge in [0.1, 0.15) is 6.61 Å². The quantitative estimate of drug-likeness (QED) is 0.526. The number of methoxy groups -OCH3 is 1. The van der Waals surface area contributed by atoms with E-state index in [0.29, 0.717) is 22.5 Å². The molecule has 158 valence electrons. The van der Waals surface area contributed by atoms with Gasteiger partial charge in [-0.3, -0.25) is 4.79 Å². The Balaban J connectivity index is 1.53.